The maximum atomic E-state index is 3.44. The van der Waals surface area contributed by atoms with Crippen molar-refractivity contribution in [3.05, 3.63) is 29.8 Å². The van der Waals surface area contributed by atoms with E-state index in [-0.39, 0.29) is 0 Å². The van der Waals surface area contributed by atoms with E-state index in [9.17, 15) is 0 Å². The van der Waals surface area contributed by atoms with Gasteiger partial charge in [0, 0.05) is 37.9 Å². The van der Waals surface area contributed by atoms with E-state index in [2.05, 4.69) is 60.3 Å². The predicted octanol–water partition coefficient (Wildman–Crippen LogP) is 2.33. The summed E-state index contributed by atoms with van der Waals surface area (Å²) in [5.74, 6) is 0. The average molecular weight is 261 g/mol. The first kappa shape index (κ1) is 14.4. The Kier molecular flexibility index (Phi) is 5.23. The van der Waals surface area contributed by atoms with E-state index in [1.807, 2.05) is 0 Å². The van der Waals surface area contributed by atoms with E-state index in [0.29, 0.717) is 6.04 Å². The first-order chi connectivity index (χ1) is 9.20. The van der Waals surface area contributed by atoms with Crippen LogP contribution in [-0.2, 0) is 6.54 Å². The van der Waals surface area contributed by atoms with Crippen molar-refractivity contribution in [1.29, 1.82) is 0 Å². The van der Waals surface area contributed by atoms with Gasteiger partial charge in [-0.25, -0.2) is 0 Å². The van der Waals surface area contributed by atoms with Crippen molar-refractivity contribution in [3.63, 3.8) is 0 Å². The molecule has 1 aromatic rings. The van der Waals surface area contributed by atoms with Gasteiger partial charge < -0.3 is 15.1 Å². The van der Waals surface area contributed by atoms with Gasteiger partial charge in [-0.1, -0.05) is 19.1 Å². The maximum absolute atomic E-state index is 3.44. The second kappa shape index (κ2) is 6.92. The monoisotopic (exact) mass is 261 g/mol. The zero-order chi connectivity index (χ0) is 13.7. The molecule has 0 aliphatic carbocycles. The van der Waals surface area contributed by atoms with E-state index >= 15 is 0 Å². The number of piperazine rings is 1. The molecule has 1 N–H and O–H groups in total. The molecule has 1 aliphatic heterocycles. The molecular formula is C16H27N3. The molecule has 1 fully saturated rings. The molecule has 0 aromatic heterocycles. The molecule has 1 unspecified atom stereocenters. The lowest BCUT2D eigenvalue weighted by Gasteiger charge is -2.39. The number of anilines is 1. The predicted molar refractivity (Wildman–Crippen MR) is 82.7 cm³/mol. The molecule has 1 saturated heterocycles. The van der Waals surface area contributed by atoms with E-state index < -0.39 is 0 Å². The Morgan fingerprint density at radius 3 is 2.58 bits per heavy atom. The third-order valence-electron chi connectivity index (χ3n) is 3.85. The Morgan fingerprint density at radius 2 is 1.95 bits per heavy atom. The van der Waals surface area contributed by atoms with Crippen LogP contribution in [0, 0.1) is 0 Å². The molecule has 3 heteroatoms. The minimum Gasteiger partial charge on any atom is -0.366 e. The first-order valence-electron chi connectivity index (χ1n) is 7.45. The van der Waals surface area contributed by atoms with Crippen LogP contribution in [0.25, 0.3) is 0 Å². The Bertz CT molecular complexity index is 374. The summed E-state index contributed by atoms with van der Waals surface area (Å²) in [4.78, 5) is 4.92. The number of nitrogens with one attached hydrogen (secondary N) is 1. The summed E-state index contributed by atoms with van der Waals surface area (Å²) in [7, 11) is 2.20. The summed E-state index contributed by atoms with van der Waals surface area (Å²) in [5.41, 5.74) is 2.74. The van der Waals surface area contributed by atoms with Crippen molar-refractivity contribution in [2.24, 2.45) is 0 Å². The molecule has 1 aromatic carbocycles. The zero-order valence-corrected chi connectivity index (χ0v) is 12.5. The van der Waals surface area contributed by atoms with Crippen molar-refractivity contribution >= 4 is 5.69 Å². The topological polar surface area (TPSA) is 18.5 Å². The molecule has 0 bridgehead atoms. The van der Waals surface area contributed by atoms with Crippen molar-refractivity contribution in [3.8, 4) is 0 Å². The van der Waals surface area contributed by atoms with Gasteiger partial charge in [-0.2, -0.15) is 0 Å². The van der Waals surface area contributed by atoms with Crippen molar-refractivity contribution in [2.75, 3.05) is 38.1 Å². The molecule has 106 valence electrons. The molecule has 3 nitrogen and oxygen atoms in total. The van der Waals surface area contributed by atoms with Crippen LogP contribution >= 0.6 is 0 Å². The third-order valence-corrected chi connectivity index (χ3v) is 3.85. The minimum atomic E-state index is 0.600. The lowest BCUT2D eigenvalue weighted by atomic mass is 10.1. The van der Waals surface area contributed by atoms with E-state index in [4.69, 9.17) is 0 Å². The van der Waals surface area contributed by atoms with Gasteiger partial charge in [0.25, 0.3) is 0 Å². The molecule has 0 saturated carbocycles. The fourth-order valence-electron chi connectivity index (χ4n) is 2.74. The summed E-state index contributed by atoms with van der Waals surface area (Å²) in [6.45, 7) is 10.0. The normalized spacial score (nSPS) is 20.8. The summed E-state index contributed by atoms with van der Waals surface area (Å²) in [5, 5.41) is 3.44. The number of benzene rings is 1. The Labute approximate surface area is 117 Å². The first-order valence-corrected chi connectivity index (χ1v) is 7.45. The molecule has 0 amide bonds. The van der Waals surface area contributed by atoms with Crippen molar-refractivity contribution in [2.45, 2.75) is 32.9 Å². The van der Waals surface area contributed by atoms with Crippen LogP contribution in [-0.4, -0.2) is 44.2 Å². The second-order valence-electron chi connectivity index (χ2n) is 5.65. The Balaban J connectivity index is 1.94. The minimum absolute atomic E-state index is 0.600. The van der Waals surface area contributed by atoms with Crippen LogP contribution in [0.1, 0.15) is 25.8 Å². The molecule has 0 radical (unpaired) electrons. The standard InChI is InChI=1S/C16H27N3/c1-4-9-17-12-15-5-7-16(8-6-15)19-11-10-18(3)13-14(19)2/h5-8,14,17H,4,9-13H2,1-3H3. The highest BCUT2D eigenvalue weighted by atomic mass is 15.3. The fourth-order valence-corrected chi connectivity index (χ4v) is 2.74. The summed E-state index contributed by atoms with van der Waals surface area (Å²) >= 11 is 0. The largest absolute Gasteiger partial charge is 0.366 e. The van der Waals surface area contributed by atoms with Crippen molar-refractivity contribution < 1.29 is 0 Å². The number of hydrogen-bond donors (Lipinski definition) is 1. The summed E-state index contributed by atoms with van der Waals surface area (Å²) in [6, 6.07) is 9.64. The van der Waals surface area contributed by atoms with Crippen molar-refractivity contribution in [1.82, 2.24) is 10.2 Å². The van der Waals surface area contributed by atoms with Gasteiger partial charge in [-0.3, -0.25) is 0 Å². The number of nitrogens with zero attached hydrogens (tertiary/aromatic N) is 2. The van der Waals surface area contributed by atoms with Crippen LogP contribution in [0.4, 0.5) is 5.69 Å². The highest BCUT2D eigenvalue weighted by molar-refractivity contribution is 5.49. The maximum Gasteiger partial charge on any atom is 0.0389 e. The highest BCUT2D eigenvalue weighted by Gasteiger charge is 2.21. The SMILES string of the molecule is CCCNCc1ccc(N2CCN(C)CC2C)cc1. The van der Waals surface area contributed by atoms with E-state index in [1.54, 1.807) is 0 Å². The fraction of sp³-hybridized carbons (Fsp3) is 0.625. The summed E-state index contributed by atoms with van der Waals surface area (Å²) in [6.07, 6.45) is 1.19. The van der Waals surface area contributed by atoms with Gasteiger partial charge >= 0.3 is 0 Å². The van der Waals surface area contributed by atoms with Crippen LogP contribution in [0.5, 0.6) is 0 Å². The van der Waals surface area contributed by atoms with Gasteiger partial charge in [0.15, 0.2) is 0 Å². The van der Waals surface area contributed by atoms with Gasteiger partial charge in [0.1, 0.15) is 0 Å². The lowest BCUT2D eigenvalue weighted by molar-refractivity contribution is 0.275. The van der Waals surface area contributed by atoms with Gasteiger partial charge in [-0.15, -0.1) is 0 Å². The third kappa shape index (κ3) is 3.95. The smallest absolute Gasteiger partial charge is 0.0389 e. The number of rotatable bonds is 5. The van der Waals surface area contributed by atoms with Crippen LogP contribution in [0.3, 0.4) is 0 Å². The zero-order valence-electron chi connectivity index (χ0n) is 12.5. The molecule has 0 spiro atoms. The van der Waals surface area contributed by atoms with E-state index in [1.165, 1.54) is 17.7 Å². The number of likely N-dealkylation sites (N-methyl/N-ethyl adjacent to an activating group) is 1. The van der Waals surface area contributed by atoms with Crippen LogP contribution in [0.2, 0.25) is 0 Å². The second-order valence-corrected chi connectivity index (χ2v) is 5.65. The molecule has 2 rings (SSSR count). The highest BCUT2D eigenvalue weighted by Crippen LogP contribution is 2.20. The van der Waals surface area contributed by atoms with Crippen LogP contribution < -0.4 is 10.2 Å². The van der Waals surface area contributed by atoms with E-state index in [0.717, 1.165) is 32.7 Å². The molecule has 1 aliphatic rings. The Hall–Kier alpha value is -1.06. The van der Waals surface area contributed by atoms with Gasteiger partial charge in [0.05, 0.1) is 0 Å². The number of hydrogen-bond acceptors (Lipinski definition) is 3. The van der Waals surface area contributed by atoms with Gasteiger partial charge in [0.2, 0.25) is 0 Å². The van der Waals surface area contributed by atoms with Crippen LogP contribution in [0.15, 0.2) is 24.3 Å². The summed E-state index contributed by atoms with van der Waals surface area (Å²) < 4.78 is 0. The molecule has 1 heterocycles. The average Bonchev–Trinajstić information content (AvgIpc) is 2.40. The molecule has 19 heavy (non-hydrogen) atoms. The quantitative estimate of drug-likeness (QED) is 0.821. The lowest BCUT2D eigenvalue weighted by Crippen LogP contribution is -2.50. The Morgan fingerprint density at radius 1 is 1.21 bits per heavy atom. The molecular weight excluding hydrogens is 234 g/mol. The van der Waals surface area contributed by atoms with Gasteiger partial charge in [-0.05, 0) is 44.6 Å². The molecule has 1 atom stereocenters.